The van der Waals surface area contributed by atoms with E-state index < -0.39 is 71.8 Å². The molecule has 0 saturated heterocycles. The summed E-state index contributed by atoms with van der Waals surface area (Å²) in [4.78, 5) is 46.0. The van der Waals surface area contributed by atoms with Gasteiger partial charge >= 0.3 is 11.9 Å². The molecule has 4 heterocycles. The number of nitrogens with zero attached hydrogens (tertiary/aromatic N) is 11. The van der Waals surface area contributed by atoms with Gasteiger partial charge in [0.25, 0.3) is 0 Å². The molecule has 95 heavy (non-hydrogen) atoms. The number of hydrogen-bond donors (Lipinski definition) is 1. The smallest absolute Gasteiger partial charge is 0.340 e. The molecule has 0 bridgehead atoms. The zero-order valence-electron chi connectivity index (χ0n) is 53.0. The standard InChI is InChI=1S/C35H34F2N6O3S.C31H24ClF2N5O3S.C4H11N/c1-4-42(5-2)18-26-7-6-8-28(15-26)34(44)45-23-46-35(20-43-22-39-21-40-43,30-14-13-29(36)16-31(30)37)24(3)33-41-32(19-47-33)27-11-9-25(17-38)10-12-27;1-20(29-38-28(15-43-29)23-7-5-21(14-35)6-8-23)31(16-39-18-36-17-37-39,26-10-9-25(33)12-27(26)34)42-19-41-30(40)24-4-2-3-22(11-24)13-32;1-3-5-4-2/h6-16,19,21-22,24H,4-5,18,20,23H2,1-3H3;2-12,15,17-18,20H,13,16,19H2,1H3;5H,3-4H2,1-2H3/t24-,35?;20-,31?;/m00./s1. The van der Waals surface area contributed by atoms with Crippen molar-refractivity contribution in [1.29, 1.82) is 10.5 Å². The molecule has 0 aliphatic heterocycles. The lowest BCUT2D eigenvalue weighted by molar-refractivity contribution is -0.148. The summed E-state index contributed by atoms with van der Waals surface area (Å²) >= 11 is 8.58. The number of nitrogens with one attached hydrogen (secondary N) is 1. The van der Waals surface area contributed by atoms with E-state index in [1.54, 1.807) is 97.9 Å². The highest BCUT2D eigenvalue weighted by atomic mass is 35.5. The zero-order chi connectivity index (χ0) is 67.9. The van der Waals surface area contributed by atoms with E-state index in [1.807, 2.05) is 23.8 Å². The highest BCUT2D eigenvalue weighted by Gasteiger charge is 2.47. The Morgan fingerprint density at radius 3 is 1.41 bits per heavy atom. The van der Waals surface area contributed by atoms with Crippen molar-refractivity contribution in [3.05, 3.63) is 247 Å². The van der Waals surface area contributed by atoms with Crippen LogP contribution in [-0.4, -0.2) is 96.1 Å². The molecular formula is C70H69ClF4N12O6S2. The van der Waals surface area contributed by atoms with Crippen LogP contribution in [0.5, 0.6) is 0 Å². The van der Waals surface area contributed by atoms with Crippen molar-refractivity contribution in [3.8, 4) is 34.7 Å². The average Bonchev–Trinajstić information content (AvgIpc) is 1.73. The van der Waals surface area contributed by atoms with E-state index in [9.17, 15) is 23.6 Å². The third-order valence-corrected chi connectivity index (χ3v) is 18.0. The molecule has 4 atom stereocenters. The summed E-state index contributed by atoms with van der Waals surface area (Å²) in [6.07, 6.45) is 5.57. The molecule has 6 aromatic carbocycles. The van der Waals surface area contributed by atoms with Crippen molar-refractivity contribution in [2.75, 3.05) is 39.8 Å². The minimum absolute atomic E-state index is 0.0206. The Morgan fingerprint density at radius 2 is 1.04 bits per heavy atom. The van der Waals surface area contributed by atoms with E-state index in [4.69, 9.17) is 45.8 Å². The largest absolute Gasteiger partial charge is 0.435 e. The minimum atomic E-state index is -1.58. The van der Waals surface area contributed by atoms with Gasteiger partial charge in [-0.25, -0.2) is 56.5 Å². The summed E-state index contributed by atoms with van der Waals surface area (Å²) < 4.78 is 86.4. The number of rotatable bonds is 27. The maximum atomic E-state index is 15.7. The molecule has 0 saturated carbocycles. The molecular weight excluding hydrogens is 1280 g/mol. The highest BCUT2D eigenvalue weighted by molar-refractivity contribution is 7.10. The minimum Gasteiger partial charge on any atom is -0.435 e. The second-order valence-corrected chi connectivity index (χ2v) is 23.6. The Balaban J connectivity index is 0.000000228. The molecule has 10 rings (SSSR count). The van der Waals surface area contributed by atoms with Crippen LogP contribution < -0.4 is 5.32 Å². The molecule has 1 N–H and O–H groups in total. The monoisotopic (exact) mass is 1350 g/mol. The van der Waals surface area contributed by atoms with Crippen LogP contribution in [0, 0.1) is 45.9 Å². The maximum Gasteiger partial charge on any atom is 0.340 e. The van der Waals surface area contributed by atoms with Gasteiger partial charge in [-0.3, -0.25) is 4.90 Å². The molecule has 18 nitrogen and oxygen atoms in total. The summed E-state index contributed by atoms with van der Waals surface area (Å²) in [5, 5.41) is 34.7. The van der Waals surface area contributed by atoms with E-state index >= 15 is 8.78 Å². The molecule has 0 radical (unpaired) electrons. The number of alkyl halides is 1. The first-order valence-corrected chi connectivity index (χ1v) is 32.6. The Kier molecular flexibility index (Phi) is 26.1. The van der Waals surface area contributed by atoms with E-state index in [1.165, 1.54) is 69.5 Å². The van der Waals surface area contributed by atoms with E-state index in [2.05, 4.69) is 70.2 Å². The van der Waals surface area contributed by atoms with Gasteiger partial charge in [0.05, 0.1) is 68.9 Å². The van der Waals surface area contributed by atoms with Gasteiger partial charge in [-0.15, -0.1) is 34.3 Å². The van der Waals surface area contributed by atoms with Gasteiger partial charge in [0.2, 0.25) is 0 Å². The van der Waals surface area contributed by atoms with E-state index in [0.29, 0.717) is 44.6 Å². The molecule has 0 fully saturated rings. The van der Waals surface area contributed by atoms with Crippen LogP contribution in [0.2, 0.25) is 0 Å². The van der Waals surface area contributed by atoms with Crippen molar-refractivity contribution in [1.82, 2.24) is 49.7 Å². The van der Waals surface area contributed by atoms with Gasteiger partial charge in [-0.1, -0.05) is 102 Å². The number of benzene rings is 6. The van der Waals surface area contributed by atoms with Crippen molar-refractivity contribution >= 4 is 46.2 Å². The number of hydrogen-bond acceptors (Lipinski definition) is 18. The molecule has 0 aliphatic carbocycles. The van der Waals surface area contributed by atoms with Crippen LogP contribution >= 0.6 is 34.3 Å². The van der Waals surface area contributed by atoms with Gasteiger partial charge < -0.3 is 24.3 Å². The summed E-state index contributed by atoms with van der Waals surface area (Å²) in [5.74, 6) is -5.55. The van der Waals surface area contributed by atoms with E-state index in [0.717, 1.165) is 72.7 Å². The van der Waals surface area contributed by atoms with Gasteiger partial charge in [-0.05, 0) is 98.0 Å². The first-order valence-electron chi connectivity index (χ1n) is 30.3. The first-order chi connectivity index (χ1) is 46.0. The van der Waals surface area contributed by atoms with Crippen molar-refractivity contribution in [2.24, 2.45) is 0 Å². The number of nitriles is 2. The number of carbonyl (C=O) groups is 2. The van der Waals surface area contributed by atoms with Gasteiger partial charge in [0.15, 0.2) is 13.6 Å². The van der Waals surface area contributed by atoms with Crippen LogP contribution in [0.25, 0.3) is 22.5 Å². The van der Waals surface area contributed by atoms with Gasteiger partial charge in [0, 0.05) is 69.4 Å². The predicted octanol–water partition coefficient (Wildman–Crippen LogP) is 14.4. The molecule has 25 heteroatoms. The number of thiazole rings is 2. The molecule has 2 unspecified atom stereocenters. The SMILES string of the molecule is CCN(CC)Cc1cccc(C(=O)OCOC(Cn2cncn2)(c2ccc(F)cc2F)[C@@H](C)c2nc(-c3ccc(C#N)cc3)cs2)c1.CCNCC.C[C@@H](c1nc(-c2ccc(C#N)cc2)cs1)C(Cn1cncn1)(OCOC(=O)c1cccc(CCl)c1)c1ccc(F)cc1F. The molecule has 0 aliphatic rings. The van der Waals surface area contributed by atoms with Crippen molar-refractivity contribution in [3.63, 3.8) is 0 Å². The molecule has 4 aromatic heterocycles. The number of halogens is 5. The lowest BCUT2D eigenvalue weighted by Crippen LogP contribution is -2.42. The van der Waals surface area contributed by atoms with Gasteiger partial charge in [0.1, 0.15) is 59.8 Å². The summed E-state index contributed by atoms with van der Waals surface area (Å²) in [5.41, 5.74) is 3.17. The molecule has 0 spiro atoms. The van der Waals surface area contributed by atoms with Crippen LogP contribution in [0.4, 0.5) is 17.6 Å². The number of aromatic nitrogens is 8. The predicted molar refractivity (Wildman–Crippen MR) is 353 cm³/mol. The fourth-order valence-corrected chi connectivity index (χ4v) is 12.4. The Bertz CT molecular complexity index is 4180. The fourth-order valence-electron chi connectivity index (χ4n) is 10.3. The fraction of sp³-hybridized carbons (Fsp3) is 0.286. The first kappa shape index (κ1) is 71.5. The topological polar surface area (TPSA) is 221 Å². The van der Waals surface area contributed by atoms with Crippen molar-refractivity contribution < 1.29 is 46.1 Å². The van der Waals surface area contributed by atoms with Gasteiger partial charge in [-0.2, -0.15) is 20.7 Å². The third-order valence-electron chi connectivity index (χ3n) is 15.6. The quantitative estimate of drug-likeness (QED) is 0.0219. The molecule has 10 aromatic rings. The van der Waals surface area contributed by atoms with Crippen molar-refractivity contribution in [2.45, 2.75) is 90.1 Å². The summed E-state index contributed by atoms with van der Waals surface area (Å²) in [7, 11) is 0. The van der Waals surface area contributed by atoms with E-state index in [-0.39, 0.29) is 35.7 Å². The number of esters is 2. The highest BCUT2D eigenvalue weighted by Crippen LogP contribution is 2.46. The normalized spacial score (nSPS) is 12.9. The molecule has 492 valence electrons. The van der Waals surface area contributed by atoms with Crippen LogP contribution in [-0.2, 0) is 55.7 Å². The Hall–Kier alpha value is -9.37. The van der Waals surface area contributed by atoms with Crippen LogP contribution in [0.15, 0.2) is 170 Å². The maximum absolute atomic E-state index is 15.7. The summed E-state index contributed by atoms with van der Waals surface area (Å²) in [6, 6.07) is 38.5. The average molecular weight is 1350 g/mol. The zero-order valence-corrected chi connectivity index (χ0v) is 55.4. The number of ether oxygens (including phenoxy) is 4. The molecule has 0 amide bonds. The Morgan fingerprint density at radius 1 is 0.611 bits per heavy atom. The lowest BCUT2D eigenvalue weighted by atomic mass is 9.81. The van der Waals surface area contributed by atoms with Crippen LogP contribution in [0.1, 0.15) is 117 Å². The van der Waals surface area contributed by atoms with Crippen LogP contribution in [0.3, 0.4) is 0 Å². The second-order valence-electron chi connectivity index (χ2n) is 21.5. The second kappa shape index (κ2) is 34.7. The number of carbonyl (C=O) groups excluding carboxylic acids is 2. The Labute approximate surface area is 561 Å². The summed E-state index contributed by atoms with van der Waals surface area (Å²) in [6.45, 7) is 15.4. The third kappa shape index (κ3) is 18.5. The lowest BCUT2D eigenvalue weighted by Gasteiger charge is -2.38.